The van der Waals surface area contributed by atoms with Crippen LogP contribution in [0.5, 0.6) is 0 Å². The number of esters is 1. The first-order chi connectivity index (χ1) is 12.6. The molecule has 0 aliphatic rings. The Morgan fingerprint density at radius 3 is 2.08 bits per heavy atom. The normalized spacial score (nSPS) is 11.5. The van der Waals surface area contributed by atoms with E-state index in [0.29, 0.717) is 6.42 Å². The van der Waals surface area contributed by atoms with E-state index in [1.54, 1.807) is 6.07 Å². The average molecular weight is 346 g/mol. The largest absolute Gasteiger partial charge is 0.478 e. The van der Waals surface area contributed by atoms with E-state index in [-0.39, 0.29) is 11.1 Å². The van der Waals surface area contributed by atoms with Gasteiger partial charge < -0.3 is 9.84 Å². The lowest BCUT2D eigenvalue weighted by atomic mass is 10.0. The highest BCUT2D eigenvalue weighted by Crippen LogP contribution is 2.24. The summed E-state index contributed by atoms with van der Waals surface area (Å²) in [6.07, 6.45) is 0.0782. The van der Waals surface area contributed by atoms with Crippen molar-refractivity contribution in [2.24, 2.45) is 0 Å². The summed E-state index contributed by atoms with van der Waals surface area (Å²) in [7, 11) is 0. The van der Waals surface area contributed by atoms with Gasteiger partial charge in [-0.1, -0.05) is 66.7 Å². The van der Waals surface area contributed by atoms with Gasteiger partial charge in [-0.15, -0.1) is 0 Å². The fourth-order valence-electron chi connectivity index (χ4n) is 2.70. The Kier molecular flexibility index (Phi) is 5.44. The second kappa shape index (κ2) is 8.12. The van der Waals surface area contributed by atoms with Crippen LogP contribution in [0.15, 0.2) is 84.9 Å². The minimum absolute atomic E-state index is 0.0544. The number of carbonyl (C=O) groups excluding carboxylic acids is 1. The third-order valence-corrected chi connectivity index (χ3v) is 4.03. The van der Waals surface area contributed by atoms with Crippen molar-refractivity contribution in [3.63, 3.8) is 0 Å². The molecule has 0 radical (unpaired) electrons. The average Bonchev–Trinajstić information content (AvgIpc) is 2.69. The predicted molar refractivity (Wildman–Crippen MR) is 98.1 cm³/mol. The van der Waals surface area contributed by atoms with Gasteiger partial charge in [-0.3, -0.25) is 0 Å². The summed E-state index contributed by atoms with van der Waals surface area (Å²) in [5, 5.41) is 9.09. The van der Waals surface area contributed by atoms with Gasteiger partial charge in [0.05, 0.1) is 11.1 Å². The van der Waals surface area contributed by atoms with E-state index < -0.39 is 18.0 Å². The maximum Gasteiger partial charge on any atom is 0.338 e. The van der Waals surface area contributed by atoms with Gasteiger partial charge in [0.15, 0.2) is 0 Å². The first-order valence-corrected chi connectivity index (χ1v) is 8.26. The predicted octanol–water partition coefficient (Wildman–Crippen LogP) is 4.53. The van der Waals surface area contributed by atoms with Crippen molar-refractivity contribution in [2.75, 3.05) is 0 Å². The molecule has 0 fully saturated rings. The van der Waals surface area contributed by atoms with Crippen LogP contribution in [0.1, 0.15) is 37.9 Å². The van der Waals surface area contributed by atoms with Crippen LogP contribution >= 0.6 is 0 Å². The number of ether oxygens (including phenoxy) is 1. The van der Waals surface area contributed by atoms with Crippen molar-refractivity contribution in [3.05, 3.63) is 107 Å². The Morgan fingerprint density at radius 1 is 0.808 bits per heavy atom. The van der Waals surface area contributed by atoms with E-state index in [1.807, 2.05) is 60.7 Å². The topological polar surface area (TPSA) is 63.6 Å². The summed E-state index contributed by atoms with van der Waals surface area (Å²) in [6.45, 7) is 0. The Labute approximate surface area is 151 Å². The van der Waals surface area contributed by atoms with E-state index in [1.165, 1.54) is 18.2 Å². The molecule has 1 N–H and O–H groups in total. The molecule has 130 valence electrons. The molecule has 0 spiro atoms. The van der Waals surface area contributed by atoms with E-state index in [4.69, 9.17) is 9.84 Å². The van der Waals surface area contributed by atoms with Crippen LogP contribution in [0, 0.1) is 0 Å². The van der Waals surface area contributed by atoms with Gasteiger partial charge in [-0.05, 0) is 29.3 Å². The number of hydrogen-bond donors (Lipinski definition) is 1. The first-order valence-electron chi connectivity index (χ1n) is 8.26. The molecule has 3 aromatic rings. The molecular formula is C22H18O4. The molecule has 0 saturated carbocycles. The Bertz CT molecular complexity index is 888. The number of carboxylic acid groups (broad SMARTS) is 1. The molecule has 26 heavy (non-hydrogen) atoms. The number of aromatic carboxylic acids is 1. The minimum Gasteiger partial charge on any atom is -0.478 e. The van der Waals surface area contributed by atoms with Gasteiger partial charge in [-0.25, -0.2) is 9.59 Å². The smallest absolute Gasteiger partial charge is 0.338 e. The number of rotatable bonds is 6. The molecular weight excluding hydrogens is 328 g/mol. The van der Waals surface area contributed by atoms with Crippen LogP contribution in [0.25, 0.3) is 0 Å². The highest BCUT2D eigenvalue weighted by Gasteiger charge is 2.19. The fraction of sp³-hybridized carbons (Fsp3) is 0.0909. The SMILES string of the molecule is O=C(O)c1cccc(C(=O)OC(Cc2ccccc2)c2ccccc2)c1. The van der Waals surface area contributed by atoms with Crippen LogP contribution in [0.3, 0.4) is 0 Å². The number of benzene rings is 3. The van der Waals surface area contributed by atoms with Crippen molar-refractivity contribution in [3.8, 4) is 0 Å². The van der Waals surface area contributed by atoms with Gasteiger partial charge >= 0.3 is 11.9 Å². The lowest BCUT2D eigenvalue weighted by Crippen LogP contribution is -2.14. The molecule has 3 rings (SSSR count). The van der Waals surface area contributed by atoms with Crippen molar-refractivity contribution < 1.29 is 19.4 Å². The van der Waals surface area contributed by atoms with Crippen LogP contribution < -0.4 is 0 Å². The molecule has 1 atom stereocenters. The third-order valence-electron chi connectivity index (χ3n) is 4.03. The maximum absolute atomic E-state index is 12.6. The molecule has 0 aromatic heterocycles. The van der Waals surface area contributed by atoms with Gasteiger partial charge in [-0.2, -0.15) is 0 Å². The van der Waals surface area contributed by atoms with Crippen LogP contribution in [-0.2, 0) is 11.2 Å². The summed E-state index contributed by atoms with van der Waals surface area (Å²) in [5.41, 5.74) is 2.21. The van der Waals surface area contributed by atoms with Gasteiger partial charge in [0.2, 0.25) is 0 Å². The monoisotopic (exact) mass is 346 g/mol. The zero-order valence-corrected chi connectivity index (χ0v) is 14.0. The van der Waals surface area contributed by atoms with Gasteiger partial charge in [0, 0.05) is 6.42 Å². The molecule has 4 nitrogen and oxygen atoms in total. The Morgan fingerprint density at radius 2 is 1.42 bits per heavy atom. The second-order valence-electron chi connectivity index (χ2n) is 5.88. The molecule has 0 aliphatic carbocycles. The molecule has 4 heteroatoms. The standard InChI is InChI=1S/C22H18O4/c23-21(24)18-12-7-13-19(15-18)22(25)26-20(17-10-5-2-6-11-17)14-16-8-3-1-4-9-16/h1-13,15,20H,14H2,(H,23,24). The van der Waals surface area contributed by atoms with Crippen LogP contribution in [0.4, 0.5) is 0 Å². The maximum atomic E-state index is 12.6. The Hall–Kier alpha value is -3.40. The van der Waals surface area contributed by atoms with Crippen molar-refractivity contribution in [1.82, 2.24) is 0 Å². The summed E-state index contributed by atoms with van der Waals surface area (Å²) >= 11 is 0. The van der Waals surface area contributed by atoms with Gasteiger partial charge in [0.25, 0.3) is 0 Å². The lowest BCUT2D eigenvalue weighted by Gasteiger charge is -2.19. The van der Waals surface area contributed by atoms with Crippen molar-refractivity contribution >= 4 is 11.9 Å². The van der Waals surface area contributed by atoms with Crippen LogP contribution in [-0.4, -0.2) is 17.0 Å². The summed E-state index contributed by atoms with van der Waals surface area (Å²) in [6, 6.07) is 25.2. The molecule has 0 aliphatic heterocycles. The van der Waals surface area contributed by atoms with Crippen molar-refractivity contribution in [2.45, 2.75) is 12.5 Å². The highest BCUT2D eigenvalue weighted by molar-refractivity contribution is 5.94. The number of carboxylic acids is 1. The van der Waals surface area contributed by atoms with Gasteiger partial charge in [0.1, 0.15) is 6.10 Å². The second-order valence-corrected chi connectivity index (χ2v) is 5.88. The number of carbonyl (C=O) groups is 2. The zero-order valence-electron chi connectivity index (χ0n) is 14.0. The highest BCUT2D eigenvalue weighted by atomic mass is 16.5. The van der Waals surface area contributed by atoms with Crippen molar-refractivity contribution in [1.29, 1.82) is 0 Å². The first kappa shape index (κ1) is 17.4. The fourth-order valence-corrected chi connectivity index (χ4v) is 2.70. The quantitative estimate of drug-likeness (QED) is 0.666. The summed E-state index contributed by atoms with van der Waals surface area (Å²) < 4.78 is 5.73. The van der Waals surface area contributed by atoms with E-state index in [0.717, 1.165) is 11.1 Å². The van der Waals surface area contributed by atoms with Crippen LogP contribution in [0.2, 0.25) is 0 Å². The number of hydrogen-bond acceptors (Lipinski definition) is 3. The minimum atomic E-state index is -1.08. The van der Waals surface area contributed by atoms with E-state index >= 15 is 0 Å². The summed E-state index contributed by atoms with van der Waals surface area (Å²) in [4.78, 5) is 23.7. The van der Waals surface area contributed by atoms with E-state index in [9.17, 15) is 9.59 Å². The zero-order chi connectivity index (χ0) is 18.4. The summed E-state index contributed by atoms with van der Waals surface area (Å²) in [5.74, 6) is -1.62. The van der Waals surface area contributed by atoms with E-state index in [2.05, 4.69) is 0 Å². The molecule has 0 heterocycles. The molecule has 1 unspecified atom stereocenters. The Balaban J connectivity index is 1.84. The molecule has 3 aromatic carbocycles. The molecule has 0 amide bonds. The molecule has 0 bridgehead atoms. The third kappa shape index (κ3) is 4.36. The molecule has 0 saturated heterocycles. The lowest BCUT2D eigenvalue weighted by molar-refractivity contribution is 0.0297.